The van der Waals surface area contributed by atoms with Crippen molar-refractivity contribution in [2.75, 3.05) is 13.1 Å². The van der Waals surface area contributed by atoms with Crippen LogP contribution >= 0.6 is 0 Å². The quantitative estimate of drug-likeness (QED) is 0.811. The molecule has 94 valence electrons. The number of hydrogen-bond acceptors (Lipinski definition) is 2. The lowest BCUT2D eigenvalue weighted by atomic mass is 10.1. The zero-order valence-corrected chi connectivity index (χ0v) is 11.2. The molecule has 0 spiro atoms. The van der Waals surface area contributed by atoms with E-state index in [4.69, 9.17) is 0 Å². The second-order valence-electron chi connectivity index (χ2n) is 4.97. The lowest BCUT2D eigenvalue weighted by Gasteiger charge is -2.25. The van der Waals surface area contributed by atoms with E-state index in [1.165, 1.54) is 29.8 Å². The van der Waals surface area contributed by atoms with Gasteiger partial charge in [-0.3, -0.25) is 4.90 Å². The van der Waals surface area contributed by atoms with Crippen molar-refractivity contribution in [1.82, 2.24) is 14.9 Å². The molecule has 0 unspecified atom stereocenters. The second kappa shape index (κ2) is 5.50. The topological polar surface area (TPSA) is 31.9 Å². The Labute approximate surface area is 104 Å². The van der Waals surface area contributed by atoms with Crippen LogP contribution in [0.2, 0.25) is 0 Å². The van der Waals surface area contributed by atoms with Gasteiger partial charge < -0.3 is 4.98 Å². The average molecular weight is 233 g/mol. The minimum absolute atomic E-state index is 1.04. The summed E-state index contributed by atoms with van der Waals surface area (Å²) in [5, 5.41) is 0. The van der Waals surface area contributed by atoms with Crippen molar-refractivity contribution >= 4 is 0 Å². The minimum Gasteiger partial charge on any atom is -0.345 e. The molecule has 3 heteroatoms. The van der Waals surface area contributed by atoms with Gasteiger partial charge >= 0.3 is 0 Å². The van der Waals surface area contributed by atoms with E-state index in [1.54, 1.807) is 0 Å². The van der Waals surface area contributed by atoms with Crippen LogP contribution in [0.3, 0.4) is 0 Å². The van der Waals surface area contributed by atoms with E-state index in [-0.39, 0.29) is 0 Å². The van der Waals surface area contributed by atoms with E-state index in [1.807, 2.05) is 6.92 Å². The van der Waals surface area contributed by atoms with Crippen LogP contribution in [-0.4, -0.2) is 28.0 Å². The van der Waals surface area contributed by atoms with Crippen molar-refractivity contribution < 1.29 is 0 Å². The number of fused-ring (bicyclic) bond motifs is 1. The van der Waals surface area contributed by atoms with Gasteiger partial charge in [0.2, 0.25) is 0 Å². The fraction of sp³-hybridized carbons (Fsp3) is 0.643. The summed E-state index contributed by atoms with van der Waals surface area (Å²) in [6.45, 7) is 9.81. The monoisotopic (exact) mass is 233 g/mol. The number of allylic oxidation sites excluding steroid dienone is 1. The first-order valence-electron chi connectivity index (χ1n) is 6.61. The molecule has 3 nitrogen and oxygen atoms in total. The summed E-state index contributed by atoms with van der Waals surface area (Å²) in [7, 11) is 0. The highest BCUT2D eigenvalue weighted by Crippen LogP contribution is 2.16. The highest BCUT2D eigenvalue weighted by Gasteiger charge is 2.18. The zero-order chi connectivity index (χ0) is 12.3. The number of nitrogens with zero attached hydrogens (tertiary/aromatic N) is 2. The van der Waals surface area contributed by atoms with Gasteiger partial charge in [-0.05, 0) is 26.7 Å². The number of imidazole rings is 1. The molecular weight excluding hydrogens is 210 g/mol. The SMILES string of the molecule is CCC(C)=CCCN1CCc2nc(C)[nH]c2C1. The number of nitrogens with one attached hydrogen (secondary N) is 1. The first-order valence-corrected chi connectivity index (χ1v) is 6.61. The zero-order valence-electron chi connectivity index (χ0n) is 11.2. The molecule has 1 N–H and O–H groups in total. The van der Waals surface area contributed by atoms with Crippen LogP contribution in [0.4, 0.5) is 0 Å². The summed E-state index contributed by atoms with van der Waals surface area (Å²) in [5.74, 6) is 1.05. The predicted octanol–water partition coefficient (Wildman–Crippen LogP) is 2.82. The second-order valence-corrected chi connectivity index (χ2v) is 4.97. The largest absolute Gasteiger partial charge is 0.345 e. The molecule has 1 aliphatic rings. The predicted molar refractivity (Wildman–Crippen MR) is 71.0 cm³/mol. The third kappa shape index (κ3) is 3.19. The van der Waals surface area contributed by atoms with Crippen LogP contribution in [0.25, 0.3) is 0 Å². The molecular formula is C14H23N3. The summed E-state index contributed by atoms with van der Waals surface area (Å²) in [5.41, 5.74) is 4.10. The van der Waals surface area contributed by atoms with Gasteiger partial charge in [0.05, 0.1) is 11.4 Å². The Bertz CT molecular complexity index is 404. The van der Waals surface area contributed by atoms with Crippen molar-refractivity contribution in [3.63, 3.8) is 0 Å². The van der Waals surface area contributed by atoms with E-state index in [2.05, 4.69) is 34.8 Å². The molecule has 0 fully saturated rings. The molecule has 0 aromatic carbocycles. The van der Waals surface area contributed by atoms with Crippen molar-refractivity contribution in [2.45, 2.75) is 46.6 Å². The molecule has 1 aromatic heterocycles. The molecule has 2 rings (SSSR count). The molecule has 1 aromatic rings. The molecule has 0 bridgehead atoms. The maximum Gasteiger partial charge on any atom is 0.103 e. The van der Waals surface area contributed by atoms with Gasteiger partial charge in [-0.1, -0.05) is 18.6 Å². The first-order chi connectivity index (χ1) is 8.19. The van der Waals surface area contributed by atoms with Crippen molar-refractivity contribution in [3.05, 3.63) is 28.9 Å². The van der Waals surface area contributed by atoms with Crippen LogP contribution in [0.1, 0.15) is 43.9 Å². The maximum absolute atomic E-state index is 4.51. The summed E-state index contributed by atoms with van der Waals surface area (Å²) < 4.78 is 0. The Balaban J connectivity index is 1.86. The van der Waals surface area contributed by atoms with Crippen molar-refractivity contribution in [2.24, 2.45) is 0 Å². The highest BCUT2D eigenvalue weighted by molar-refractivity contribution is 5.17. The van der Waals surface area contributed by atoms with Crippen molar-refractivity contribution in [3.8, 4) is 0 Å². The van der Waals surface area contributed by atoms with E-state index >= 15 is 0 Å². The van der Waals surface area contributed by atoms with Gasteiger partial charge in [-0.15, -0.1) is 0 Å². The third-order valence-electron chi connectivity index (χ3n) is 3.53. The lowest BCUT2D eigenvalue weighted by molar-refractivity contribution is 0.254. The van der Waals surface area contributed by atoms with E-state index in [0.717, 1.165) is 31.9 Å². The van der Waals surface area contributed by atoms with Gasteiger partial charge in [0, 0.05) is 26.1 Å². The molecule has 2 heterocycles. The number of aromatic amines is 1. The standard InChI is InChI=1S/C14H23N3/c1-4-11(2)6-5-8-17-9-7-13-14(10-17)16-12(3)15-13/h6H,4-5,7-10H2,1-3H3,(H,15,16). The lowest BCUT2D eigenvalue weighted by Crippen LogP contribution is -2.31. The Hall–Kier alpha value is -1.09. The summed E-state index contributed by atoms with van der Waals surface area (Å²) in [6, 6.07) is 0. The third-order valence-corrected chi connectivity index (χ3v) is 3.53. The number of aromatic nitrogens is 2. The first kappa shape index (κ1) is 12.4. The molecule has 0 amide bonds. The molecule has 1 aliphatic heterocycles. The van der Waals surface area contributed by atoms with Crippen LogP contribution in [-0.2, 0) is 13.0 Å². The number of aryl methyl sites for hydroxylation is 1. The summed E-state index contributed by atoms with van der Waals surface area (Å²) >= 11 is 0. The molecule has 0 aliphatic carbocycles. The Morgan fingerprint density at radius 1 is 1.53 bits per heavy atom. The molecule has 0 saturated heterocycles. The number of hydrogen-bond donors (Lipinski definition) is 1. The number of H-pyrrole nitrogens is 1. The highest BCUT2D eigenvalue weighted by atomic mass is 15.1. The van der Waals surface area contributed by atoms with Gasteiger partial charge in [0.1, 0.15) is 5.82 Å². The van der Waals surface area contributed by atoms with Crippen LogP contribution < -0.4 is 0 Å². The molecule has 0 atom stereocenters. The fourth-order valence-corrected chi connectivity index (χ4v) is 2.32. The fourth-order valence-electron chi connectivity index (χ4n) is 2.32. The minimum atomic E-state index is 1.04. The van der Waals surface area contributed by atoms with E-state index in [0.29, 0.717) is 0 Å². The Morgan fingerprint density at radius 2 is 2.35 bits per heavy atom. The molecule has 0 radical (unpaired) electrons. The van der Waals surface area contributed by atoms with E-state index < -0.39 is 0 Å². The smallest absolute Gasteiger partial charge is 0.103 e. The van der Waals surface area contributed by atoms with Gasteiger partial charge in [0.15, 0.2) is 0 Å². The summed E-state index contributed by atoms with van der Waals surface area (Å²) in [4.78, 5) is 10.4. The summed E-state index contributed by atoms with van der Waals surface area (Å²) in [6.07, 6.45) is 5.80. The Morgan fingerprint density at radius 3 is 3.12 bits per heavy atom. The maximum atomic E-state index is 4.51. The Kier molecular flexibility index (Phi) is 4.00. The van der Waals surface area contributed by atoms with E-state index in [9.17, 15) is 0 Å². The average Bonchev–Trinajstić information content (AvgIpc) is 2.68. The normalized spacial score (nSPS) is 17.2. The van der Waals surface area contributed by atoms with Gasteiger partial charge in [0.25, 0.3) is 0 Å². The van der Waals surface area contributed by atoms with Gasteiger partial charge in [-0.2, -0.15) is 0 Å². The number of rotatable bonds is 4. The van der Waals surface area contributed by atoms with Gasteiger partial charge in [-0.25, -0.2) is 4.98 Å². The van der Waals surface area contributed by atoms with Crippen LogP contribution in [0, 0.1) is 6.92 Å². The van der Waals surface area contributed by atoms with Crippen LogP contribution in [0.15, 0.2) is 11.6 Å². The van der Waals surface area contributed by atoms with Crippen molar-refractivity contribution in [1.29, 1.82) is 0 Å². The molecule has 17 heavy (non-hydrogen) atoms. The van der Waals surface area contributed by atoms with Crippen LogP contribution in [0.5, 0.6) is 0 Å². The molecule has 0 saturated carbocycles.